The van der Waals surface area contributed by atoms with Crippen molar-refractivity contribution >= 4 is 0 Å². The number of aryl methyl sites for hydroxylation is 2. The Kier molecular flexibility index (Phi) is 3.06. The fraction of sp³-hybridized carbons (Fsp3) is 0.538. The lowest BCUT2D eigenvalue weighted by atomic mass is 10.0. The zero-order valence-corrected chi connectivity index (χ0v) is 9.01. The van der Waals surface area contributed by atoms with E-state index in [1.807, 2.05) is 12.1 Å². The Labute approximate surface area is 90.5 Å². The van der Waals surface area contributed by atoms with E-state index in [0.29, 0.717) is 6.42 Å². The van der Waals surface area contributed by atoms with Crippen LogP contribution in [-0.4, -0.2) is 12.2 Å². The smallest absolute Gasteiger partial charge is 0.0934 e. The van der Waals surface area contributed by atoms with E-state index in [-0.39, 0.29) is 12.2 Å². The standard InChI is InChI=1S/C13H18FN/c14-10-6-12-3-1-11(2-4-12)5-7-13(15)8-9-13/h1-4H,5-10,15H2. The van der Waals surface area contributed by atoms with Gasteiger partial charge in [-0.05, 0) is 36.8 Å². The molecule has 0 amide bonds. The molecule has 0 spiro atoms. The number of nitrogens with two attached hydrogens (primary N) is 1. The summed E-state index contributed by atoms with van der Waals surface area (Å²) in [6.45, 7) is -0.273. The van der Waals surface area contributed by atoms with E-state index < -0.39 is 0 Å². The number of benzene rings is 1. The highest BCUT2D eigenvalue weighted by Gasteiger charge is 2.37. The fourth-order valence-electron chi connectivity index (χ4n) is 1.79. The second kappa shape index (κ2) is 4.31. The Morgan fingerprint density at radius 3 is 2.07 bits per heavy atom. The summed E-state index contributed by atoms with van der Waals surface area (Å²) in [5.74, 6) is 0. The predicted octanol–water partition coefficient (Wildman–Crippen LogP) is 2.62. The van der Waals surface area contributed by atoms with Crippen LogP contribution in [-0.2, 0) is 12.8 Å². The Balaban J connectivity index is 1.86. The molecule has 0 bridgehead atoms. The van der Waals surface area contributed by atoms with Crippen LogP contribution in [0, 0.1) is 0 Å². The summed E-state index contributed by atoms with van der Waals surface area (Å²) in [6, 6.07) is 8.23. The minimum atomic E-state index is -0.273. The van der Waals surface area contributed by atoms with Crippen LogP contribution in [0.4, 0.5) is 4.39 Å². The summed E-state index contributed by atoms with van der Waals surface area (Å²) in [7, 11) is 0. The zero-order valence-electron chi connectivity index (χ0n) is 9.01. The van der Waals surface area contributed by atoms with E-state index in [4.69, 9.17) is 5.73 Å². The maximum absolute atomic E-state index is 12.1. The third kappa shape index (κ3) is 3.03. The van der Waals surface area contributed by atoms with Crippen molar-refractivity contribution in [2.45, 2.75) is 37.6 Å². The molecule has 2 N–H and O–H groups in total. The van der Waals surface area contributed by atoms with Gasteiger partial charge in [0.25, 0.3) is 0 Å². The molecule has 1 aromatic carbocycles. The molecule has 1 aliphatic carbocycles. The molecule has 1 fully saturated rings. The second-order valence-corrected chi connectivity index (χ2v) is 4.62. The Hall–Kier alpha value is -0.890. The molecule has 82 valence electrons. The van der Waals surface area contributed by atoms with Crippen molar-refractivity contribution < 1.29 is 4.39 Å². The molecular formula is C13H18FN. The third-order valence-electron chi connectivity index (χ3n) is 3.21. The first-order valence-corrected chi connectivity index (χ1v) is 5.65. The number of rotatable bonds is 5. The SMILES string of the molecule is NC1(CCc2ccc(CCF)cc2)CC1. The van der Waals surface area contributed by atoms with Crippen molar-refractivity contribution in [2.75, 3.05) is 6.67 Å². The van der Waals surface area contributed by atoms with Crippen LogP contribution in [0.25, 0.3) is 0 Å². The summed E-state index contributed by atoms with van der Waals surface area (Å²) >= 11 is 0. The molecule has 0 saturated heterocycles. The van der Waals surface area contributed by atoms with Gasteiger partial charge in [-0.2, -0.15) is 0 Å². The number of hydrogen-bond donors (Lipinski definition) is 1. The van der Waals surface area contributed by atoms with Crippen molar-refractivity contribution in [3.05, 3.63) is 35.4 Å². The molecule has 0 atom stereocenters. The summed E-state index contributed by atoms with van der Waals surface area (Å²) in [4.78, 5) is 0. The highest BCUT2D eigenvalue weighted by molar-refractivity contribution is 5.23. The van der Waals surface area contributed by atoms with Crippen LogP contribution in [0.5, 0.6) is 0 Å². The van der Waals surface area contributed by atoms with Crippen LogP contribution in [0.1, 0.15) is 30.4 Å². The monoisotopic (exact) mass is 207 g/mol. The Morgan fingerprint density at radius 1 is 1.07 bits per heavy atom. The van der Waals surface area contributed by atoms with Gasteiger partial charge in [-0.25, -0.2) is 0 Å². The zero-order chi connectivity index (χ0) is 10.7. The van der Waals surface area contributed by atoms with Crippen LogP contribution < -0.4 is 5.73 Å². The van der Waals surface area contributed by atoms with E-state index in [1.165, 1.54) is 18.4 Å². The maximum atomic E-state index is 12.1. The van der Waals surface area contributed by atoms with E-state index >= 15 is 0 Å². The molecule has 15 heavy (non-hydrogen) atoms. The van der Waals surface area contributed by atoms with E-state index in [1.54, 1.807) is 0 Å². The lowest BCUT2D eigenvalue weighted by Crippen LogP contribution is -2.22. The molecule has 1 aliphatic rings. The van der Waals surface area contributed by atoms with E-state index in [0.717, 1.165) is 18.4 Å². The fourth-order valence-corrected chi connectivity index (χ4v) is 1.79. The molecule has 0 radical (unpaired) electrons. The van der Waals surface area contributed by atoms with Crippen LogP contribution in [0.3, 0.4) is 0 Å². The van der Waals surface area contributed by atoms with Gasteiger partial charge < -0.3 is 5.73 Å². The minimum absolute atomic E-state index is 0.137. The molecule has 1 saturated carbocycles. The molecule has 2 rings (SSSR count). The van der Waals surface area contributed by atoms with Gasteiger partial charge in [0.15, 0.2) is 0 Å². The first kappa shape index (κ1) is 10.6. The van der Waals surface area contributed by atoms with Gasteiger partial charge in [-0.1, -0.05) is 24.3 Å². The molecule has 0 aromatic heterocycles. The van der Waals surface area contributed by atoms with Crippen LogP contribution in [0.2, 0.25) is 0 Å². The number of alkyl halides is 1. The molecule has 1 nitrogen and oxygen atoms in total. The van der Waals surface area contributed by atoms with Crippen molar-refractivity contribution in [1.29, 1.82) is 0 Å². The highest BCUT2D eigenvalue weighted by Crippen LogP contribution is 2.36. The molecule has 0 heterocycles. The van der Waals surface area contributed by atoms with Crippen LogP contribution >= 0.6 is 0 Å². The van der Waals surface area contributed by atoms with Gasteiger partial charge >= 0.3 is 0 Å². The quantitative estimate of drug-likeness (QED) is 0.789. The van der Waals surface area contributed by atoms with E-state index in [2.05, 4.69) is 12.1 Å². The van der Waals surface area contributed by atoms with Crippen molar-refractivity contribution in [2.24, 2.45) is 5.73 Å². The molecule has 0 unspecified atom stereocenters. The summed E-state index contributed by atoms with van der Waals surface area (Å²) < 4.78 is 12.1. The molecule has 0 aliphatic heterocycles. The Bertz CT molecular complexity index is 314. The molecule has 2 heteroatoms. The largest absolute Gasteiger partial charge is 0.325 e. The average Bonchev–Trinajstić information content (AvgIpc) is 2.97. The normalized spacial score (nSPS) is 17.7. The minimum Gasteiger partial charge on any atom is -0.325 e. The van der Waals surface area contributed by atoms with Crippen molar-refractivity contribution in [3.8, 4) is 0 Å². The lowest BCUT2D eigenvalue weighted by molar-refractivity contribution is 0.495. The maximum Gasteiger partial charge on any atom is 0.0934 e. The van der Waals surface area contributed by atoms with Gasteiger partial charge in [0.1, 0.15) is 0 Å². The first-order valence-electron chi connectivity index (χ1n) is 5.65. The van der Waals surface area contributed by atoms with Gasteiger partial charge in [0.2, 0.25) is 0 Å². The van der Waals surface area contributed by atoms with Gasteiger partial charge in [-0.15, -0.1) is 0 Å². The van der Waals surface area contributed by atoms with Crippen molar-refractivity contribution in [1.82, 2.24) is 0 Å². The van der Waals surface area contributed by atoms with Gasteiger partial charge in [-0.3, -0.25) is 4.39 Å². The van der Waals surface area contributed by atoms with Gasteiger partial charge in [0, 0.05) is 12.0 Å². The lowest BCUT2D eigenvalue weighted by Gasteiger charge is -2.08. The summed E-state index contributed by atoms with van der Waals surface area (Å²) in [5.41, 5.74) is 8.55. The van der Waals surface area contributed by atoms with Crippen LogP contribution in [0.15, 0.2) is 24.3 Å². The number of hydrogen-bond acceptors (Lipinski definition) is 1. The number of halogens is 1. The van der Waals surface area contributed by atoms with Gasteiger partial charge in [0.05, 0.1) is 6.67 Å². The molecule has 1 aromatic rings. The second-order valence-electron chi connectivity index (χ2n) is 4.62. The summed E-state index contributed by atoms with van der Waals surface area (Å²) in [5, 5.41) is 0. The average molecular weight is 207 g/mol. The van der Waals surface area contributed by atoms with E-state index in [9.17, 15) is 4.39 Å². The third-order valence-corrected chi connectivity index (χ3v) is 3.21. The first-order chi connectivity index (χ1) is 7.22. The topological polar surface area (TPSA) is 26.0 Å². The predicted molar refractivity (Wildman–Crippen MR) is 60.6 cm³/mol. The van der Waals surface area contributed by atoms with Crippen molar-refractivity contribution in [3.63, 3.8) is 0 Å². The highest BCUT2D eigenvalue weighted by atomic mass is 19.1. The Morgan fingerprint density at radius 2 is 1.60 bits per heavy atom. The summed E-state index contributed by atoms with van der Waals surface area (Å²) in [6.07, 6.45) is 5.00. The molecular weight excluding hydrogens is 189 g/mol.